The molecule has 0 atom stereocenters. The predicted octanol–water partition coefficient (Wildman–Crippen LogP) is 9.15. The van der Waals surface area contributed by atoms with Gasteiger partial charge in [-0.2, -0.15) is 0 Å². The first-order valence-corrected chi connectivity index (χ1v) is 13.6. The Morgan fingerprint density at radius 2 is 1.34 bits per heavy atom. The average molecular weight is 708 g/mol. The van der Waals surface area contributed by atoms with Crippen LogP contribution in [-0.4, -0.2) is 15.0 Å². The van der Waals surface area contributed by atoms with Crippen molar-refractivity contribution in [2.24, 2.45) is 5.92 Å². The van der Waals surface area contributed by atoms with Crippen molar-refractivity contribution in [3.63, 3.8) is 0 Å². The van der Waals surface area contributed by atoms with Crippen LogP contribution in [0.5, 0.6) is 0 Å². The van der Waals surface area contributed by atoms with Crippen LogP contribution < -0.4 is 0 Å². The number of rotatable bonds is 4. The topological polar surface area (TPSA) is 38.7 Å². The van der Waals surface area contributed by atoms with Gasteiger partial charge in [-0.15, -0.1) is 71.3 Å². The van der Waals surface area contributed by atoms with Crippen LogP contribution in [0.3, 0.4) is 0 Å². The molecule has 2 heterocycles. The molecule has 7 rings (SSSR count). The van der Waals surface area contributed by atoms with Crippen LogP contribution >= 0.6 is 0 Å². The van der Waals surface area contributed by atoms with Crippen LogP contribution in [0.25, 0.3) is 55.2 Å². The number of hydrogen-bond acceptors (Lipinski definition) is 3. The molecule has 0 N–H and O–H groups in total. The zero-order valence-corrected chi connectivity index (χ0v) is 25.4. The molecule has 0 aliphatic heterocycles. The van der Waals surface area contributed by atoms with Gasteiger partial charge >= 0.3 is 0 Å². The van der Waals surface area contributed by atoms with Gasteiger partial charge in [0, 0.05) is 31.7 Å². The van der Waals surface area contributed by atoms with E-state index < -0.39 is 0 Å². The third kappa shape index (κ3) is 6.74. The van der Waals surface area contributed by atoms with Gasteiger partial charge in [-0.3, -0.25) is 15.0 Å². The van der Waals surface area contributed by atoms with Crippen LogP contribution in [0.15, 0.2) is 121 Å². The van der Waals surface area contributed by atoms with E-state index in [1.54, 1.807) is 0 Å². The van der Waals surface area contributed by atoms with Crippen LogP contribution in [0.2, 0.25) is 0 Å². The first kappa shape index (κ1) is 28.3. The Hall–Kier alpha value is -4.24. The molecule has 3 nitrogen and oxygen atoms in total. The van der Waals surface area contributed by atoms with Gasteiger partial charge in [0.15, 0.2) is 0 Å². The van der Waals surface area contributed by atoms with E-state index in [4.69, 9.17) is 4.98 Å². The minimum atomic E-state index is 0. The molecule has 0 spiro atoms. The second-order valence-corrected chi connectivity index (χ2v) is 10.3. The van der Waals surface area contributed by atoms with E-state index in [-0.39, 0.29) is 20.1 Å². The van der Waals surface area contributed by atoms with Crippen molar-refractivity contribution in [3.8, 4) is 22.6 Å². The monoisotopic (exact) mass is 708 g/mol. The molecular weight excluding hydrogens is 679 g/mol. The summed E-state index contributed by atoms with van der Waals surface area (Å²) in [5.41, 5.74) is 6.34. The molecule has 0 saturated carbocycles. The van der Waals surface area contributed by atoms with Crippen molar-refractivity contribution in [2.75, 3.05) is 0 Å². The Balaban J connectivity index is 0.000000161. The summed E-state index contributed by atoms with van der Waals surface area (Å²) in [4.78, 5) is 13.8. The van der Waals surface area contributed by atoms with Gasteiger partial charge in [0.2, 0.25) is 0 Å². The zero-order chi connectivity index (χ0) is 27.3. The molecule has 203 valence electrons. The Labute approximate surface area is 254 Å². The molecule has 4 heteroatoms. The Bertz CT molecular complexity index is 1920. The summed E-state index contributed by atoms with van der Waals surface area (Å²) in [6.07, 6.45) is 2.97. The van der Waals surface area contributed by atoms with Crippen molar-refractivity contribution in [1.82, 2.24) is 15.0 Å². The van der Waals surface area contributed by atoms with E-state index in [1.165, 1.54) is 21.7 Å². The number of hydrogen-bond donors (Lipinski definition) is 0. The molecule has 0 aliphatic carbocycles. The summed E-state index contributed by atoms with van der Waals surface area (Å²) in [5, 5.41) is 4.64. The molecule has 1 radical (unpaired) electrons. The minimum absolute atomic E-state index is 0. The van der Waals surface area contributed by atoms with E-state index in [0.717, 1.165) is 39.7 Å². The number of nitrogens with zero attached hydrogens (tertiary/aromatic N) is 3. The average Bonchev–Trinajstić information content (AvgIpc) is 3.00. The van der Waals surface area contributed by atoms with Gasteiger partial charge in [0.05, 0.1) is 16.9 Å². The standard InChI is InChI=1S/C19H18N.C18H11N2.Ir/c1-14(2)12-15-6-5-8-17(13-15)19-11-10-16-7-3-4-9-18(16)20-19;1-2-6-13(7-3-1)18-19-12-16-10-14-8-4-5-9-15(14)11-17(16)20-18;/h3-7,9-11,13-14H,12H2,1-2H3;1-6,8-12H;/q2*-1;. The molecule has 0 bridgehead atoms. The smallest absolute Gasteiger partial charge is 0.0755 e. The Morgan fingerprint density at radius 3 is 2.12 bits per heavy atom. The largest absolute Gasteiger partial charge is 0.296 e. The van der Waals surface area contributed by atoms with E-state index in [2.05, 4.69) is 96.6 Å². The summed E-state index contributed by atoms with van der Waals surface area (Å²) in [7, 11) is 0. The molecule has 5 aromatic carbocycles. The number of benzene rings is 5. The maximum absolute atomic E-state index is 4.73. The van der Waals surface area contributed by atoms with E-state index in [9.17, 15) is 0 Å². The van der Waals surface area contributed by atoms with Crippen molar-refractivity contribution in [2.45, 2.75) is 20.3 Å². The van der Waals surface area contributed by atoms with E-state index in [0.29, 0.717) is 11.7 Å². The van der Waals surface area contributed by atoms with Crippen LogP contribution in [0, 0.1) is 18.1 Å². The van der Waals surface area contributed by atoms with Gasteiger partial charge in [0.25, 0.3) is 0 Å². The maximum Gasteiger partial charge on any atom is 0.0755 e. The SMILES string of the molecule is CC(C)Cc1cc[c-]c(-c2ccc3ccccc3n2)c1.[Ir].[c-]1ccccc1-c1ncc2cc3ccccc3cc2n1. The predicted molar refractivity (Wildman–Crippen MR) is 166 cm³/mol. The van der Waals surface area contributed by atoms with Crippen LogP contribution in [-0.2, 0) is 26.5 Å². The summed E-state index contributed by atoms with van der Waals surface area (Å²) in [6, 6.07) is 45.5. The molecule has 41 heavy (non-hydrogen) atoms. The van der Waals surface area contributed by atoms with Crippen molar-refractivity contribution >= 4 is 32.6 Å². The fourth-order valence-corrected chi connectivity index (χ4v) is 4.86. The fraction of sp³-hybridized carbons (Fsp3) is 0.108. The minimum Gasteiger partial charge on any atom is -0.296 e. The van der Waals surface area contributed by atoms with Gasteiger partial charge in [0.1, 0.15) is 0 Å². The van der Waals surface area contributed by atoms with Crippen LogP contribution in [0.4, 0.5) is 0 Å². The molecule has 0 unspecified atom stereocenters. The maximum atomic E-state index is 4.73. The van der Waals surface area contributed by atoms with Crippen LogP contribution in [0.1, 0.15) is 19.4 Å². The molecular formula is C37H29IrN3-2. The van der Waals surface area contributed by atoms with Crippen molar-refractivity contribution in [3.05, 3.63) is 139 Å². The number of aromatic nitrogens is 3. The summed E-state index contributed by atoms with van der Waals surface area (Å²) < 4.78 is 0. The van der Waals surface area contributed by atoms with Gasteiger partial charge in [-0.25, -0.2) is 0 Å². The molecule has 7 aromatic rings. The molecule has 0 fully saturated rings. The second kappa shape index (κ2) is 13.0. The molecule has 2 aromatic heterocycles. The first-order valence-electron chi connectivity index (χ1n) is 13.6. The third-order valence-corrected chi connectivity index (χ3v) is 6.78. The number of fused-ring (bicyclic) bond motifs is 3. The second-order valence-electron chi connectivity index (χ2n) is 10.3. The van der Waals surface area contributed by atoms with Gasteiger partial charge in [-0.05, 0) is 52.4 Å². The fourth-order valence-electron chi connectivity index (χ4n) is 4.86. The normalized spacial score (nSPS) is 10.8. The number of pyridine rings is 1. The Kier molecular flexibility index (Phi) is 8.94. The van der Waals surface area contributed by atoms with Gasteiger partial charge in [-0.1, -0.05) is 68.4 Å². The Morgan fingerprint density at radius 1 is 0.610 bits per heavy atom. The first-order chi connectivity index (χ1) is 19.6. The van der Waals surface area contributed by atoms with Gasteiger partial charge < -0.3 is 0 Å². The molecule has 0 saturated heterocycles. The molecule has 0 aliphatic rings. The number of para-hydroxylation sites is 1. The van der Waals surface area contributed by atoms with Crippen molar-refractivity contribution in [1.29, 1.82) is 0 Å². The summed E-state index contributed by atoms with van der Waals surface area (Å²) in [6.45, 7) is 4.48. The van der Waals surface area contributed by atoms with E-state index in [1.807, 2.05) is 60.8 Å². The summed E-state index contributed by atoms with van der Waals surface area (Å²) in [5.74, 6) is 1.38. The van der Waals surface area contributed by atoms with E-state index >= 15 is 0 Å². The zero-order valence-electron chi connectivity index (χ0n) is 23.0. The quantitative estimate of drug-likeness (QED) is 0.135. The van der Waals surface area contributed by atoms with Crippen molar-refractivity contribution < 1.29 is 20.1 Å². The third-order valence-electron chi connectivity index (χ3n) is 6.78. The summed E-state index contributed by atoms with van der Waals surface area (Å²) >= 11 is 0. The molecule has 0 amide bonds.